The summed E-state index contributed by atoms with van der Waals surface area (Å²) < 4.78 is 2.57. The molecule has 0 aliphatic heterocycles. The van der Waals surface area contributed by atoms with Crippen molar-refractivity contribution in [1.29, 1.82) is 0 Å². The van der Waals surface area contributed by atoms with Crippen LogP contribution in [0, 0.1) is 0 Å². The van der Waals surface area contributed by atoms with Gasteiger partial charge in [0.2, 0.25) is 0 Å². The van der Waals surface area contributed by atoms with Gasteiger partial charge in [-0.2, -0.15) is 0 Å². The van der Waals surface area contributed by atoms with Gasteiger partial charge in [0.15, 0.2) is 0 Å². The summed E-state index contributed by atoms with van der Waals surface area (Å²) >= 11 is 0. The monoisotopic (exact) mass is 349 g/mol. The quantitative estimate of drug-likeness (QED) is 0.336. The van der Waals surface area contributed by atoms with Crippen LogP contribution >= 0.6 is 0 Å². The number of aromatic nitrogens is 1. The van der Waals surface area contributed by atoms with Crippen molar-refractivity contribution in [3.05, 3.63) is 96.1 Å². The molecule has 0 atom stereocenters. The van der Waals surface area contributed by atoms with E-state index < -0.39 is 0 Å². The topological polar surface area (TPSA) is 4.93 Å². The summed E-state index contributed by atoms with van der Waals surface area (Å²) in [5.41, 5.74) is 11.1. The molecule has 0 saturated heterocycles. The van der Waals surface area contributed by atoms with Crippen LogP contribution in [0.2, 0.25) is 0 Å². The molecule has 0 saturated carbocycles. The van der Waals surface area contributed by atoms with Crippen LogP contribution in [0.4, 0.5) is 0 Å². The van der Waals surface area contributed by atoms with Gasteiger partial charge in [-0.25, -0.2) is 0 Å². The lowest BCUT2D eigenvalue weighted by molar-refractivity contribution is 0.695. The summed E-state index contributed by atoms with van der Waals surface area (Å²) in [7, 11) is 0. The van der Waals surface area contributed by atoms with Crippen molar-refractivity contribution in [2.75, 3.05) is 0 Å². The third kappa shape index (κ3) is 2.54. The third-order valence-corrected chi connectivity index (χ3v) is 5.56. The largest absolute Gasteiger partial charge is 0.340 e. The summed E-state index contributed by atoms with van der Waals surface area (Å²) in [4.78, 5) is 0. The maximum atomic E-state index is 2.57. The van der Waals surface area contributed by atoms with E-state index in [2.05, 4.69) is 96.4 Å². The molecule has 0 N–H and O–H groups in total. The highest BCUT2D eigenvalue weighted by Gasteiger charge is 2.30. The molecule has 0 amide bonds. The van der Waals surface area contributed by atoms with E-state index in [1.165, 1.54) is 44.8 Å². The van der Waals surface area contributed by atoms with E-state index in [4.69, 9.17) is 0 Å². The molecule has 0 fully saturated rings. The summed E-state index contributed by atoms with van der Waals surface area (Å²) in [6.45, 7) is 3.30. The molecule has 1 heteroatoms. The third-order valence-electron chi connectivity index (χ3n) is 5.56. The lowest BCUT2D eigenvalue weighted by Crippen LogP contribution is -2.02. The minimum atomic E-state index is 1.02. The zero-order chi connectivity index (χ0) is 18.2. The van der Waals surface area contributed by atoms with Gasteiger partial charge in [0.05, 0.1) is 11.4 Å². The Labute approximate surface area is 160 Å². The first-order chi connectivity index (χ1) is 13.4. The fourth-order valence-electron chi connectivity index (χ4n) is 4.51. The Bertz CT molecular complexity index is 1090. The van der Waals surface area contributed by atoms with Crippen LogP contribution in [0.3, 0.4) is 0 Å². The second kappa shape index (κ2) is 6.59. The summed E-state index contributed by atoms with van der Waals surface area (Å²) in [5.74, 6) is 0. The lowest BCUT2D eigenvalue weighted by atomic mass is 9.96. The Hall–Kier alpha value is -3.06. The van der Waals surface area contributed by atoms with Gasteiger partial charge in [-0.3, -0.25) is 0 Å². The van der Waals surface area contributed by atoms with Gasteiger partial charge in [-0.1, -0.05) is 91.9 Å². The van der Waals surface area contributed by atoms with Crippen LogP contribution in [-0.4, -0.2) is 4.57 Å². The first kappa shape index (κ1) is 16.1. The van der Waals surface area contributed by atoms with Crippen molar-refractivity contribution in [2.45, 2.75) is 26.3 Å². The van der Waals surface area contributed by atoms with Crippen molar-refractivity contribution in [3.8, 4) is 33.6 Å². The van der Waals surface area contributed by atoms with E-state index in [-0.39, 0.29) is 0 Å². The van der Waals surface area contributed by atoms with Crippen LogP contribution in [0.15, 0.2) is 84.9 Å². The van der Waals surface area contributed by atoms with E-state index in [9.17, 15) is 0 Å². The zero-order valence-corrected chi connectivity index (χ0v) is 15.7. The average molecular weight is 349 g/mol. The smallest absolute Gasteiger partial charge is 0.0567 e. The predicted molar refractivity (Wildman–Crippen MR) is 114 cm³/mol. The SMILES string of the molecule is CCCn1c2c(c(-c3ccccc3)c1-c1ccccc1)Cc1ccccc1-2. The van der Waals surface area contributed by atoms with Crippen molar-refractivity contribution in [3.63, 3.8) is 0 Å². The number of benzene rings is 3. The first-order valence-corrected chi connectivity index (χ1v) is 9.83. The molecule has 1 aromatic heterocycles. The molecule has 0 unspecified atom stereocenters. The zero-order valence-electron chi connectivity index (χ0n) is 15.7. The van der Waals surface area contributed by atoms with Gasteiger partial charge in [0.1, 0.15) is 0 Å². The number of hydrogen-bond donors (Lipinski definition) is 0. The molecular weight excluding hydrogens is 326 g/mol. The van der Waals surface area contributed by atoms with Gasteiger partial charge in [-0.05, 0) is 28.7 Å². The number of hydrogen-bond acceptors (Lipinski definition) is 0. The second-order valence-electron chi connectivity index (χ2n) is 7.27. The number of rotatable bonds is 4. The molecule has 1 aliphatic rings. The molecule has 1 aliphatic carbocycles. The van der Waals surface area contributed by atoms with Crippen molar-refractivity contribution in [2.24, 2.45) is 0 Å². The highest BCUT2D eigenvalue weighted by molar-refractivity contribution is 5.93. The van der Waals surface area contributed by atoms with Crippen LogP contribution < -0.4 is 0 Å². The Morgan fingerprint density at radius 1 is 0.704 bits per heavy atom. The molecule has 5 rings (SSSR count). The van der Waals surface area contributed by atoms with Crippen molar-refractivity contribution < 1.29 is 0 Å². The molecule has 4 aromatic rings. The van der Waals surface area contributed by atoms with Gasteiger partial charge in [0, 0.05) is 24.1 Å². The predicted octanol–water partition coefficient (Wildman–Crippen LogP) is 6.80. The van der Waals surface area contributed by atoms with Gasteiger partial charge >= 0.3 is 0 Å². The molecule has 0 bridgehead atoms. The number of fused-ring (bicyclic) bond motifs is 3. The first-order valence-electron chi connectivity index (χ1n) is 9.83. The molecule has 1 nitrogen and oxygen atoms in total. The fraction of sp³-hybridized carbons (Fsp3) is 0.154. The van der Waals surface area contributed by atoms with Gasteiger partial charge in [0.25, 0.3) is 0 Å². The highest BCUT2D eigenvalue weighted by Crippen LogP contribution is 2.48. The Morgan fingerprint density at radius 3 is 2.04 bits per heavy atom. The van der Waals surface area contributed by atoms with Crippen LogP contribution in [0.5, 0.6) is 0 Å². The van der Waals surface area contributed by atoms with E-state index in [1.807, 2.05) is 0 Å². The maximum absolute atomic E-state index is 2.57. The van der Waals surface area contributed by atoms with E-state index in [0.29, 0.717) is 0 Å². The molecule has 3 aromatic carbocycles. The molecular formula is C26H23N. The Balaban J connectivity index is 1.88. The summed E-state index contributed by atoms with van der Waals surface area (Å²) in [6, 6.07) is 30.7. The van der Waals surface area contributed by atoms with Gasteiger partial charge < -0.3 is 4.57 Å². The number of nitrogens with zero attached hydrogens (tertiary/aromatic N) is 1. The molecule has 0 spiro atoms. The van der Waals surface area contributed by atoms with Crippen LogP contribution in [0.25, 0.3) is 33.6 Å². The highest BCUT2D eigenvalue weighted by atomic mass is 15.0. The average Bonchev–Trinajstić information content (AvgIpc) is 3.24. The fourth-order valence-corrected chi connectivity index (χ4v) is 4.51. The lowest BCUT2D eigenvalue weighted by Gasteiger charge is -2.15. The van der Waals surface area contributed by atoms with Crippen LogP contribution in [0.1, 0.15) is 24.5 Å². The minimum absolute atomic E-state index is 1.02. The minimum Gasteiger partial charge on any atom is -0.340 e. The normalized spacial score (nSPS) is 12.0. The maximum Gasteiger partial charge on any atom is 0.0567 e. The van der Waals surface area contributed by atoms with E-state index in [1.54, 1.807) is 0 Å². The molecule has 1 heterocycles. The standard InChI is InChI=1S/C26H23N/c1-2-17-27-25(20-13-7-4-8-14-20)24(19-11-5-3-6-12-19)23-18-21-15-9-10-16-22(21)26(23)27/h3-16H,2,17-18H2,1H3. The van der Waals surface area contributed by atoms with Gasteiger partial charge in [-0.15, -0.1) is 0 Å². The summed E-state index contributed by atoms with van der Waals surface area (Å²) in [5, 5.41) is 0. The molecule has 0 radical (unpaired) electrons. The van der Waals surface area contributed by atoms with Crippen molar-refractivity contribution in [1.82, 2.24) is 4.57 Å². The molecule has 27 heavy (non-hydrogen) atoms. The summed E-state index contributed by atoms with van der Waals surface area (Å²) in [6.07, 6.45) is 2.14. The second-order valence-corrected chi connectivity index (χ2v) is 7.27. The Kier molecular flexibility index (Phi) is 3.94. The van der Waals surface area contributed by atoms with E-state index >= 15 is 0 Å². The Morgan fingerprint density at radius 2 is 1.33 bits per heavy atom. The molecule has 132 valence electrons. The van der Waals surface area contributed by atoms with E-state index in [0.717, 1.165) is 19.4 Å². The van der Waals surface area contributed by atoms with Crippen molar-refractivity contribution >= 4 is 0 Å². The van der Waals surface area contributed by atoms with Crippen LogP contribution in [-0.2, 0) is 13.0 Å².